The molecule has 0 saturated carbocycles. The third kappa shape index (κ3) is 5.63. The Morgan fingerprint density at radius 3 is 2.38 bits per heavy atom. The molecule has 1 aromatic rings. The van der Waals surface area contributed by atoms with Crippen molar-refractivity contribution >= 4 is 30.8 Å². The Labute approximate surface area is 154 Å². The number of rotatable bonds is 9. The molecular weight excluding hydrogens is 334 g/mol. The van der Waals surface area contributed by atoms with E-state index in [1.54, 1.807) is 0 Å². The molecule has 0 spiro atoms. The normalized spacial score (nSPS) is 13.0. The van der Waals surface area contributed by atoms with Gasteiger partial charge in [0.15, 0.2) is 0 Å². The highest BCUT2D eigenvalue weighted by molar-refractivity contribution is 6.89. The van der Waals surface area contributed by atoms with Crippen molar-refractivity contribution < 1.29 is 4.79 Å². The van der Waals surface area contributed by atoms with Crippen LogP contribution in [0.5, 0.6) is 0 Å². The van der Waals surface area contributed by atoms with E-state index >= 15 is 0 Å². The van der Waals surface area contributed by atoms with Crippen LogP contribution in [0.2, 0.25) is 24.7 Å². The molecule has 0 heterocycles. The molecular formula is C20H34ClNOSi. The zero-order valence-electron chi connectivity index (χ0n) is 16.3. The van der Waals surface area contributed by atoms with Crippen LogP contribution in [0.4, 0.5) is 0 Å². The van der Waals surface area contributed by atoms with Gasteiger partial charge in [-0.15, -0.1) is 0 Å². The van der Waals surface area contributed by atoms with Crippen molar-refractivity contribution in [2.45, 2.75) is 78.6 Å². The maximum absolute atomic E-state index is 13.3. The molecule has 1 unspecified atom stereocenters. The molecule has 0 aromatic heterocycles. The van der Waals surface area contributed by atoms with E-state index in [2.05, 4.69) is 46.5 Å². The number of amides is 1. The number of benzene rings is 1. The van der Waals surface area contributed by atoms with Gasteiger partial charge in [-0.2, -0.15) is 0 Å². The molecule has 1 atom stereocenters. The van der Waals surface area contributed by atoms with Gasteiger partial charge in [0, 0.05) is 12.6 Å². The lowest BCUT2D eigenvalue weighted by atomic mass is 10.1. The number of unbranched alkanes of at least 4 members (excludes halogenated alkanes) is 3. The van der Waals surface area contributed by atoms with Gasteiger partial charge >= 0.3 is 0 Å². The van der Waals surface area contributed by atoms with Crippen molar-refractivity contribution in [3.8, 4) is 0 Å². The van der Waals surface area contributed by atoms with Crippen molar-refractivity contribution in [1.29, 1.82) is 0 Å². The largest absolute Gasteiger partial charge is 0.336 e. The summed E-state index contributed by atoms with van der Waals surface area (Å²) in [7, 11) is -1.63. The van der Waals surface area contributed by atoms with E-state index in [-0.39, 0.29) is 11.9 Å². The summed E-state index contributed by atoms with van der Waals surface area (Å²) in [5.41, 5.74) is 0.737. The lowest BCUT2D eigenvalue weighted by Crippen LogP contribution is -2.46. The summed E-state index contributed by atoms with van der Waals surface area (Å²) in [5, 5.41) is 1.76. The van der Waals surface area contributed by atoms with Crippen LogP contribution < -0.4 is 5.19 Å². The molecule has 4 heteroatoms. The highest BCUT2D eigenvalue weighted by atomic mass is 35.5. The Bertz CT molecular complexity index is 539. The van der Waals surface area contributed by atoms with Crippen LogP contribution in [0.3, 0.4) is 0 Å². The van der Waals surface area contributed by atoms with Gasteiger partial charge in [0.05, 0.1) is 18.7 Å². The molecule has 0 aliphatic rings. The van der Waals surface area contributed by atoms with Crippen molar-refractivity contribution in [3.63, 3.8) is 0 Å². The molecule has 0 fully saturated rings. The molecule has 1 rings (SSSR count). The van der Waals surface area contributed by atoms with Gasteiger partial charge in [0.25, 0.3) is 5.91 Å². The van der Waals surface area contributed by atoms with E-state index in [0.717, 1.165) is 23.7 Å². The minimum atomic E-state index is -1.63. The van der Waals surface area contributed by atoms with E-state index in [0.29, 0.717) is 5.02 Å². The Morgan fingerprint density at radius 1 is 1.17 bits per heavy atom. The van der Waals surface area contributed by atoms with E-state index in [4.69, 9.17) is 11.6 Å². The fourth-order valence-electron chi connectivity index (χ4n) is 3.19. The lowest BCUT2D eigenvalue weighted by molar-refractivity contribution is 0.0695. The van der Waals surface area contributed by atoms with Gasteiger partial charge in [-0.1, -0.05) is 76.0 Å². The minimum absolute atomic E-state index is 0.100. The van der Waals surface area contributed by atoms with Crippen LogP contribution in [-0.2, 0) is 0 Å². The first-order valence-electron chi connectivity index (χ1n) is 9.33. The predicted octanol–water partition coefficient (Wildman–Crippen LogP) is 5.71. The third-order valence-corrected chi connectivity index (χ3v) is 6.99. The van der Waals surface area contributed by atoms with Gasteiger partial charge in [0.1, 0.15) is 0 Å². The van der Waals surface area contributed by atoms with Gasteiger partial charge in [-0.3, -0.25) is 4.79 Å². The standard InChI is InChI=1S/C20H34ClNOSi/c1-7-9-10-11-13-16(3)22(8-2)20(23)19-17(21)14-12-15-18(19)24(4,5)6/h12,14-16H,7-11,13H2,1-6H3. The number of hydrogen-bond donors (Lipinski definition) is 0. The Morgan fingerprint density at radius 2 is 1.83 bits per heavy atom. The van der Waals surface area contributed by atoms with Gasteiger partial charge < -0.3 is 4.90 Å². The molecule has 136 valence electrons. The molecule has 0 saturated heterocycles. The SMILES string of the molecule is CCCCCCC(C)N(CC)C(=O)c1c(Cl)cccc1[Si](C)(C)C. The van der Waals surface area contributed by atoms with Gasteiger partial charge in [0.2, 0.25) is 0 Å². The number of halogens is 1. The molecule has 0 radical (unpaired) electrons. The number of carbonyl (C=O) groups is 1. The Hall–Kier alpha value is -0.803. The summed E-state index contributed by atoms with van der Waals surface area (Å²) < 4.78 is 0. The summed E-state index contributed by atoms with van der Waals surface area (Å²) in [6.07, 6.45) is 6.01. The lowest BCUT2D eigenvalue weighted by Gasteiger charge is -2.31. The van der Waals surface area contributed by atoms with Crippen LogP contribution in [-0.4, -0.2) is 31.5 Å². The molecule has 2 nitrogen and oxygen atoms in total. The number of carbonyl (C=O) groups excluding carboxylic acids is 1. The molecule has 1 amide bonds. The topological polar surface area (TPSA) is 20.3 Å². The summed E-state index contributed by atoms with van der Waals surface area (Å²) in [6.45, 7) is 14.0. The number of nitrogens with zero attached hydrogens (tertiary/aromatic N) is 1. The summed E-state index contributed by atoms with van der Waals surface area (Å²) in [6, 6.07) is 6.16. The molecule has 0 aliphatic heterocycles. The maximum Gasteiger partial charge on any atom is 0.255 e. The molecule has 24 heavy (non-hydrogen) atoms. The highest BCUT2D eigenvalue weighted by Crippen LogP contribution is 2.21. The van der Waals surface area contributed by atoms with Crippen molar-refractivity contribution in [2.75, 3.05) is 6.54 Å². The first-order chi connectivity index (χ1) is 11.2. The average Bonchev–Trinajstić information content (AvgIpc) is 2.51. The fourth-order valence-corrected chi connectivity index (χ4v) is 5.11. The van der Waals surface area contributed by atoms with Crippen molar-refractivity contribution in [2.24, 2.45) is 0 Å². The zero-order chi connectivity index (χ0) is 18.3. The summed E-state index contributed by atoms with van der Waals surface area (Å²) in [4.78, 5) is 15.3. The quantitative estimate of drug-likeness (QED) is 0.404. The third-order valence-electron chi connectivity index (χ3n) is 4.64. The van der Waals surface area contributed by atoms with Crippen LogP contribution in [0.1, 0.15) is 63.2 Å². The smallest absolute Gasteiger partial charge is 0.255 e. The molecule has 1 aromatic carbocycles. The fraction of sp³-hybridized carbons (Fsp3) is 0.650. The monoisotopic (exact) mass is 367 g/mol. The zero-order valence-corrected chi connectivity index (χ0v) is 18.0. The Kier molecular flexibility index (Phi) is 8.51. The summed E-state index contributed by atoms with van der Waals surface area (Å²) >= 11 is 6.46. The average molecular weight is 368 g/mol. The van der Waals surface area contributed by atoms with E-state index < -0.39 is 8.07 Å². The van der Waals surface area contributed by atoms with E-state index in [9.17, 15) is 4.79 Å². The predicted molar refractivity (Wildman–Crippen MR) is 109 cm³/mol. The summed E-state index contributed by atoms with van der Waals surface area (Å²) in [5.74, 6) is 0.100. The second-order valence-electron chi connectivity index (χ2n) is 7.70. The first kappa shape index (κ1) is 21.2. The second kappa shape index (κ2) is 9.62. The van der Waals surface area contributed by atoms with Crippen LogP contribution in [0, 0.1) is 0 Å². The molecule has 0 N–H and O–H groups in total. The van der Waals surface area contributed by atoms with Crippen LogP contribution in [0.15, 0.2) is 18.2 Å². The van der Waals surface area contributed by atoms with Crippen LogP contribution in [0.25, 0.3) is 0 Å². The first-order valence-corrected chi connectivity index (χ1v) is 13.2. The van der Waals surface area contributed by atoms with Gasteiger partial charge in [-0.25, -0.2) is 0 Å². The van der Waals surface area contributed by atoms with Crippen molar-refractivity contribution in [3.05, 3.63) is 28.8 Å². The van der Waals surface area contributed by atoms with E-state index in [1.165, 1.54) is 25.7 Å². The van der Waals surface area contributed by atoms with Gasteiger partial charge in [-0.05, 0) is 31.5 Å². The molecule has 0 bridgehead atoms. The second-order valence-corrected chi connectivity index (χ2v) is 13.1. The molecule has 0 aliphatic carbocycles. The van der Waals surface area contributed by atoms with Crippen LogP contribution >= 0.6 is 11.6 Å². The highest BCUT2D eigenvalue weighted by Gasteiger charge is 2.29. The number of hydrogen-bond acceptors (Lipinski definition) is 1. The minimum Gasteiger partial charge on any atom is -0.336 e. The van der Waals surface area contributed by atoms with E-state index in [1.807, 2.05) is 17.0 Å². The Balaban J connectivity index is 3.02. The van der Waals surface area contributed by atoms with Crippen molar-refractivity contribution in [1.82, 2.24) is 4.90 Å². The maximum atomic E-state index is 13.3.